The lowest BCUT2D eigenvalue weighted by Gasteiger charge is -2.22. The summed E-state index contributed by atoms with van der Waals surface area (Å²) >= 11 is 0. The summed E-state index contributed by atoms with van der Waals surface area (Å²) in [5.74, 6) is -0.810. The Morgan fingerprint density at radius 1 is 1.27 bits per heavy atom. The minimum absolute atomic E-state index is 0. The molecule has 1 fully saturated rings. The van der Waals surface area contributed by atoms with Gasteiger partial charge in [0.05, 0.1) is 7.11 Å². The van der Waals surface area contributed by atoms with Crippen LogP contribution in [0.15, 0.2) is 0 Å². The molecule has 0 aromatic heterocycles. The van der Waals surface area contributed by atoms with Crippen LogP contribution in [-0.2, 0) is 14.3 Å². The highest BCUT2D eigenvalue weighted by Gasteiger charge is 2.30. The zero-order chi connectivity index (χ0) is 10.6. The maximum absolute atomic E-state index is 11.7. The lowest BCUT2D eigenvalue weighted by molar-refractivity contribution is -0.146. The van der Waals surface area contributed by atoms with E-state index in [0.717, 1.165) is 25.7 Å². The van der Waals surface area contributed by atoms with Crippen molar-refractivity contribution in [1.29, 1.82) is 0 Å². The largest absolute Gasteiger partial charge is 0.468 e. The van der Waals surface area contributed by atoms with Crippen molar-refractivity contribution >= 4 is 24.2 Å². The fourth-order valence-corrected chi connectivity index (χ4v) is 1.88. The van der Waals surface area contributed by atoms with Crippen LogP contribution < -0.4 is 5.73 Å². The third-order valence-electron chi connectivity index (χ3n) is 2.77. The third-order valence-corrected chi connectivity index (χ3v) is 2.77. The van der Waals surface area contributed by atoms with Gasteiger partial charge in [0, 0.05) is 5.92 Å². The minimum Gasteiger partial charge on any atom is -0.468 e. The number of ether oxygens (including phenoxy) is 1. The van der Waals surface area contributed by atoms with Gasteiger partial charge in [0.15, 0.2) is 11.8 Å². The molecule has 1 atom stereocenters. The van der Waals surface area contributed by atoms with Crippen LogP contribution in [0.3, 0.4) is 0 Å². The lowest BCUT2D eigenvalue weighted by atomic mass is 9.84. The first-order chi connectivity index (χ1) is 6.66. The number of Topliss-reactive ketones (excluding diaryl/α,β-unsaturated/α-hetero) is 1. The molecule has 1 rings (SSSR count). The Labute approximate surface area is 95.9 Å². The van der Waals surface area contributed by atoms with E-state index in [9.17, 15) is 9.59 Å². The van der Waals surface area contributed by atoms with Gasteiger partial charge in [-0.1, -0.05) is 19.3 Å². The van der Waals surface area contributed by atoms with Crippen molar-refractivity contribution < 1.29 is 14.3 Å². The quantitative estimate of drug-likeness (QED) is 0.587. The minimum atomic E-state index is -1.08. The predicted octanol–water partition coefficient (Wildman–Crippen LogP) is 1.06. The first-order valence-electron chi connectivity index (χ1n) is 5.04. The van der Waals surface area contributed by atoms with E-state index in [1.807, 2.05) is 0 Å². The summed E-state index contributed by atoms with van der Waals surface area (Å²) in [6.45, 7) is 0. The molecule has 4 nitrogen and oxygen atoms in total. The predicted molar refractivity (Wildman–Crippen MR) is 58.8 cm³/mol. The summed E-state index contributed by atoms with van der Waals surface area (Å²) in [4.78, 5) is 22.7. The highest BCUT2D eigenvalue weighted by Crippen LogP contribution is 2.25. The fourth-order valence-electron chi connectivity index (χ4n) is 1.88. The third kappa shape index (κ3) is 3.80. The number of esters is 1. The van der Waals surface area contributed by atoms with Gasteiger partial charge in [-0.15, -0.1) is 12.4 Å². The molecule has 1 aliphatic carbocycles. The molecular weight excluding hydrogens is 218 g/mol. The molecule has 0 aromatic carbocycles. The summed E-state index contributed by atoms with van der Waals surface area (Å²) in [7, 11) is 1.25. The molecule has 1 unspecified atom stereocenters. The number of hydrogen-bond donors (Lipinski definition) is 1. The molecule has 0 radical (unpaired) electrons. The number of halogens is 1. The summed E-state index contributed by atoms with van der Waals surface area (Å²) < 4.78 is 4.44. The van der Waals surface area contributed by atoms with E-state index >= 15 is 0 Å². The number of hydrogen-bond acceptors (Lipinski definition) is 4. The molecule has 0 saturated heterocycles. The Morgan fingerprint density at radius 2 is 1.80 bits per heavy atom. The maximum Gasteiger partial charge on any atom is 0.330 e. The Morgan fingerprint density at radius 3 is 2.27 bits per heavy atom. The van der Waals surface area contributed by atoms with Crippen LogP contribution in [0, 0.1) is 5.92 Å². The van der Waals surface area contributed by atoms with Crippen LogP contribution in [-0.4, -0.2) is 24.9 Å². The number of nitrogens with two attached hydrogens (primary N) is 1. The smallest absolute Gasteiger partial charge is 0.330 e. The van der Waals surface area contributed by atoms with Gasteiger partial charge in [0.25, 0.3) is 0 Å². The molecule has 2 N–H and O–H groups in total. The van der Waals surface area contributed by atoms with Gasteiger partial charge in [-0.05, 0) is 12.8 Å². The standard InChI is InChI=1S/C10H17NO3.ClH/c1-14-10(13)8(11)9(12)7-5-3-2-4-6-7;/h7-8H,2-6,11H2,1H3;1H. The molecule has 15 heavy (non-hydrogen) atoms. The summed E-state index contributed by atoms with van der Waals surface area (Å²) in [6, 6.07) is -1.08. The number of carbonyl (C=O) groups excluding carboxylic acids is 2. The average Bonchev–Trinajstić information content (AvgIpc) is 2.27. The molecule has 0 bridgehead atoms. The van der Waals surface area contributed by atoms with Crippen molar-refractivity contribution in [3.05, 3.63) is 0 Å². The van der Waals surface area contributed by atoms with Gasteiger partial charge in [-0.2, -0.15) is 0 Å². The second kappa shape index (κ2) is 6.80. The molecule has 1 aliphatic rings. The summed E-state index contributed by atoms with van der Waals surface area (Å²) in [5.41, 5.74) is 5.48. The van der Waals surface area contributed by atoms with Crippen molar-refractivity contribution in [2.24, 2.45) is 11.7 Å². The van der Waals surface area contributed by atoms with Crippen molar-refractivity contribution in [3.63, 3.8) is 0 Å². The van der Waals surface area contributed by atoms with Crippen LogP contribution in [0.25, 0.3) is 0 Å². The van der Waals surface area contributed by atoms with Gasteiger partial charge in [-0.3, -0.25) is 4.79 Å². The molecule has 1 saturated carbocycles. The van der Waals surface area contributed by atoms with E-state index in [-0.39, 0.29) is 24.1 Å². The SMILES string of the molecule is COC(=O)C(N)C(=O)C1CCCCC1.Cl. The summed E-state index contributed by atoms with van der Waals surface area (Å²) in [5, 5.41) is 0. The van der Waals surface area contributed by atoms with Crippen LogP contribution in [0.1, 0.15) is 32.1 Å². The molecule has 0 spiro atoms. The molecular formula is C10H18ClNO3. The number of rotatable bonds is 3. The van der Waals surface area contributed by atoms with E-state index in [0.29, 0.717) is 0 Å². The zero-order valence-corrected chi connectivity index (χ0v) is 9.72. The summed E-state index contributed by atoms with van der Waals surface area (Å²) in [6.07, 6.45) is 5.03. The second-order valence-corrected chi connectivity index (χ2v) is 3.74. The molecule has 0 aromatic rings. The normalized spacial score (nSPS) is 18.8. The van der Waals surface area contributed by atoms with Crippen molar-refractivity contribution in [2.75, 3.05) is 7.11 Å². The fraction of sp³-hybridized carbons (Fsp3) is 0.800. The number of carbonyl (C=O) groups is 2. The number of ketones is 1. The monoisotopic (exact) mass is 235 g/mol. The van der Waals surface area contributed by atoms with Crippen LogP contribution >= 0.6 is 12.4 Å². The Bertz CT molecular complexity index is 227. The van der Waals surface area contributed by atoms with Crippen molar-refractivity contribution in [3.8, 4) is 0 Å². The van der Waals surface area contributed by atoms with Gasteiger partial charge in [0.2, 0.25) is 0 Å². The van der Waals surface area contributed by atoms with E-state index in [4.69, 9.17) is 5.73 Å². The van der Waals surface area contributed by atoms with Crippen molar-refractivity contribution in [2.45, 2.75) is 38.1 Å². The van der Waals surface area contributed by atoms with E-state index in [2.05, 4.69) is 4.74 Å². The second-order valence-electron chi connectivity index (χ2n) is 3.74. The van der Waals surface area contributed by atoms with Gasteiger partial charge < -0.3 is 10.5 Å². The molecule has 5 heteroatoms. The first-order valence-corrected chi connectivity index (χ1v) is 5.04. The lowest BCUT2D eigenvalue weighted by Crippen LogP contribution is -2.43. The zero-order valence-electron chi connectivity index (χ0n) is 8.90. The number of methoxy groups -OCH3 is 1. The van der Waals surface area contributed by atoms with Crippen LogP contribution in [0.2, 0.25) is 0 Å². The topological polar surface area (TPSA) is 69.4 Å². The Balaban J connectivity index is 0.00000196. The highest BCUT2D eigenvalue weighted by atomic mass is 35.5. The Kier molecular flexibility index (Phi) is 6.52. The molecule has 0 amide bonds. The Hall–Kier alpha value is -0.610. The van der Waals surface area contributed by atoms with Crippen LogP contribution in [0.5, 0.6) is 0 Å². The molecule has 0 aliphatic heterocycles. The van der Waals surface area contributed by atoms with Crippen molar-refractivity contribution in [1.82, 2.24) is 0 Å². The highest BCUT2D eigenvalue weighted by molar-refractivity contribution is 6.03. The van der Waals surface area contributed by atoms with Crippen LogP contribution in [0.4, 0.5) is 0 Å². The van der Waals surface area contributed by atoms with Gasteiger partial charge >= 0.3 is 5.97 Å². The first kappa shape index (κ1) is 14.4. The van der Waals surface area contributed by atoms with E-state index < -0.39 is 12.0 Å². The van der Waals surface area contributed by atoms with Gasteiger partial charge in [-0.25, -0.2) is 4.79 Å². The van der Waals surface area contributed by atoms with E-state index in [1.54, 1.807) is 0 Å². The van der Waals surface area contributed by atoms with Gasteiger partial charge in [0.1, 0.15) is 0 Å². The maximum atomic E-state index is 11.7. The molecule has 0 heterocycles. The molecule has 88 valence electrons. The van der Waals surface area contributed by atoms with E-state index in [1.165, 1.54) is 13.5 Å². The average molecular weight is 236 g/mol.